The molecule has 0 saturated carbocycles. The van der Waals surface area contributed by atoms with E-state index in [-0.39, 0.29) is 0 Å². The summed E-state index contributed by atoms with van der Waals surface area (Å²) in [6.45, 7) is 0. The highest BCUT2D eigenvalue weighted by Crippen LogP contribution is 2.20. The number of rotatable bonds is 2. The number of carboxylic acid groups (broad SMARTS) is 1. The van der Waals surface area contributed by atoms with Crippen LogP contribution in [0.3, 0.4) is 0 Å². The zero-order valence-corrected chi connectivity index (χ0v) is 6.80. The van der Waals surface area contributed by atoms with Gasteiger partial charge in [-0.25, -0.2) is 13.2 Å². The number of hydrogen-bond acceptors (Lipinski definition) is 2. The van der Waals surface area contributed by atoms with Gasteiger partial charge in [-0.05, 0) is 0 Å². The Kier molecular flexibility index (Phi) is 2.76. The van der Waals surface area contributed by atoms with Gasteiger partial charge in [0.15, 0.2) is 0 Å². The van der Waals surface area contributed by atoms with Crippen molar-refractivity contribution in [1.29, 1.82) is 0 Å². The van der Waals surface area contributed by atoms with Gasteiger partial charge in [0.25, 0.3) is 0 Å². The van der Waals surface area contributed by atoms with E-state index in [4.69, 9.17) is 10.8 Å². The van der Waals surface area contributed by atoms with Crippen LogP contribution in [0.1, 0.15) is 11.6 Å². The van der Waals surface area contributed by atoms with Crippen LogP contribution in [0, 0.1) is 17.5 Å². The second kappa shape index (κ2) is 3.67. The molecule has 0 aliphatic carbocycles. The van der Waals surface area contributed by atoms with Crippen molar-refractivity contribution >= 4 is 5.97 Å². The third-order valence-electron chi connectivity index (χ3n) is 1.62. The summed E-state index contributed by atoms with van der Waals surface area (Å²) < 4.78 is 38.2. The van der Waals surface area contributed by atoms with Crippen LogP contribution < -0.4 is 5.73 Å². The van der Waals surface area contributed by atoms with Gasteiger partial charge in [0.2, 0.25) is 0 Å². The molecular weight excluding hydrogens is 199 g/mol. The molecule has 1 aromatic carbocycles. The number of carboxylic acids is 1. The molecule has 0 heterocycles. The molecule has 0 unspecified atom stereocenters. The van der Waals surface area contributed by atoms with Crippen molar-refractivity contribution in [3.8, 4) is 0 Å². The van der Waals surface area contributed by atoms with Crippen LogP contribution in [0.4, 0.5) is 13.2 Å². The van der Waals surface area contributed by atoms with Gasteiger partial charge in [0, 0.05) is 12.1 Å². The molecule has 0 fully saturated rings. The molecule has 0 bridgehead atoms. The van der Waals surface area contributed by atoms with E-state index >= 15 is 0 Å². The predicted molar refractivity (Wildman–Crippen MR) is 40.9 cm³/mol. The molecule has 0 saturated heterocycles. The number of hydrogen-bond donors (Lipinski definition) is 2. The van der Waals surface area contributed by atoms with E-state index in [1.165, 1.54) is 0 Å². The Labute approximate surface area is 77.0 Å². The molecule has 1 rings (SSSR count). The highest BCUT2D eigenvalue weighted by molar-refractivity contribution is 5.75. The topological polar surface area (TPSA) is 63.3 Å². The van der Waals surface area contributed by atoms with E-state index < -0.39 is 35.0 Å². The Morgan fingerprint density at radius 3 is 2.07 bits per heavy atom. The first-order chi connectivity index (χ1) is 6.43. The minimum atomic E-state index is -1.84. The molecule has 3 N–H and O–H groups in total. The van der Waals surface area contributed by atoms with Gasteiger partial charge in [-0.15, -0.1) is 0 Å². The van der Waals surface area contributed by atoms with Crippen LogP contribution in [0.2, 0.25) is 0 Å². The van der Waals surface area contributed by atoms with Gasteiger partial charge < -0.3 is 10.8 Å². The summed E-state index contributed by atoms with van der Waals surface area (Å²) in [5.41, 5.74) is 4.14. The highest BCUT2D eigenvalue weighted by atomic mass is 19.1. The van der Waals surface area contributed by atoms with E-state index in [0.717, 1.165) is 0 Å². The molecule has 0 aromatic heterocycles. The predicted octanol–water partition coefficient (Wildman–Crippen LogP) is 1.19. The normalized spacial score (nSPS) is 12.6. The van der Waals surface area contributed by atoms with E-state index in [1.807, 2.05) is 0 Å². The third-order valence-corrected chi connectivity index (χ3v) is 1.62. The summed E-state index contributed by atoms with van der Waals surface area (Å²) in [5.74, 6) is -5.33. The van der Waals surface area contributed by atoms with E-state index in [0.29, 0.717) is 12.1 Å². The Morgan fingerprint density at radius 2 is 1.71 bits per heavy atom. The molecule has 0 amide bonds. The second-order valence-corrected chi connectivity index (χ2v) is 2.60. The summed E-state index contributed by atoms with van der Waals surface area (Å²) >= 11 is 0. The molecule has 3 nitrogen and oxygen atoms in total. The van der Waals surface area contributed by atoms with Crippen molar-refractivity contribution in [2.75, 3.05) is 0 Å². The second-order valence-electron chi connectivity index (χ2n) is 2.60. The number of halogens is 3. The molecular formula is C8H6F3NO2. The third kappa shape index (κ3) is 1.85. The maximum absolute atomic E-state index is 12.9. The van der Waals surface area contributed by atoms with Crippen molar-refractivity contribution in [3.63, 3.8) is 0 Å². The van der Waals surface area contributed by atoms with Crippen LogP contribution >= 0.6 is 0 Å². The summed E-state index contributed by atoms with van der Waals surface area (Å²) in [5, 5.41) is 8.40. The largest absolute Gasteiger partial charge is 0.480 e. The van der Waals surface area contributed by atoms with E-state index in [2.05, 4.69) is 0 Å². The molecule has 0 aliphatic heterocycles. The molecule has 76 valence electrons. The van der Waals surface area contributed by atoms with Crippen molar-refractivity contribution in [2.24, 2.45) is 5.73 Å². The van der Waals surface area contributed by atoms with Gasteiger partial charge in [0.1, 0.15) is 23.5 Å². The highest BCUT2D eigenvalue weighted by Gasteiger charge is 2.23. The minimum absolute atomic E-state index is 0.376. The van der Waals surface area contributed by atoms with Crippen LogP contribution in [-0.4, -0.2) is 11.1 Å². The summed E-state index contributed by atoms with van der Waals surface area (Å²) in [4.78, 5) is 10.3. The van der Waals surface area contributed by atoms with Crippen molar-refractivity contribution in [2.45, 2.75) is 6.04 Å². The number of benzene rings is 1. The molecule has 0 radical (unpaired) electrons. The fraction of sp³-hybridized carbons (Fsp3) is 0.125. The van der Waals surface area contributed by atoms with Crippen LogP contribution in [0.25, 0.3) is 0 Å². The molecule has 0 aliphatic rings. The lowest BCUT2D eigenvalue weighted by Crippen LogP contribution is -2.23. The Hall–Kier alpha value is -1.56. The quantitative estimate of drug-likeness (QED) is 0.762. The summed E-state index contributed by atoms with van der Waals surface area (Å²) in [6.07, 6.45) is 0. The molecule has 0 spiro atoms. The fourth-order valence-corrected chi connectivity index (χ4v) is 0.974. The molecule has 6 heteroatoms. The van der Waals surface area contributed by atoms with Gasteiger partial charge in [-0.1, -0.05) is 0 Å². The number of carbonyl (C=O) groups is 1. The zero-order chi connectivity index (χ0) is 10.9. The maximum Gasteiger partial charge on any atom is 0.325 e. The first-order valence-electron chi connectivity index (χ1n) is 3.56. The van der Waals surface area contributed by atoms with Crippen LogP contribution in [0.15, 0.2) is 12.1 Å². The monoisotopic (exact) mass is 205 g/mol. The average Bonchev–Trinajstić information content (AvgIpc) is 2.01. The maximum atomic E-state index is 12.9. The number of aliphatic carboxylic acids is 1. The SMILES string of the molecule is N[C@H](C(=O)O)c1c(F)cc(F)cc1F. The fourth-order valence-electron chi connectivity index (χ4n) is 0.974. The van der Waals surface area contributed by atoms with Gasteiger partial charge >= 0.3 is 5.97 Å². The minimum Gasteiger partial charge on any atom is -0.480 e. The lowest BCUT2D eigenvalue weighted by molar-refractivity contribution is -0.138. The Morgan fingerprint density at radius 1 is 1.29 bits per heavy atom. The lowest BCUT2D eigenvalue weighted by Gasteiger charge is -2.08. The summed E-state index contributed by atoms with van der Waals surface area (Å²) in [6, 6.07) is -1.09. The lowest BCUT2D eigenvalue weighted by atomic mass is 10.1. The van der Waals surface area contributed by atoms with Crippen molar-refractivity contribution < 1.29 is 23.1 Å². The van der Waals surface area contributed by atoms with Crippen molar-refractivity contribution in [3.05, 3.63) is 35.1 Å². The smallest absolute Gasteiger partial charge is 0.325 e. The molecule has 14 heavy (non-hydrogen) atoms. The van der Waals surface area contributed by atoms with Crippen LogP contribution in [-0.2, 0) is 4.79 Å². The standard InChI is InChI=1S/C8H6F3NO2/c9-3-1-4(10)6(5(11)2-3)7(12)8(13)14/h1-2,7H,12H2,(H,13,14)/t7-/m0/s1. The van der Waals surface area contributed by atoms with E-state index in [9.17, 15) is 18.0 Å². The van der Waals surface area contributed by atoms with Gasteiger partial charge in [0.05, 0.1) is 5.56 Å². The Balaban J connectivity index is 3.27. The van der Waals surface area contributed by atoms with Gasteiger partial charge in [-0.2, -0.15) is 0 Å². The summed E-state index contributed by atoms with van der Waals surface area (Å²) in [7, 11) is 0. The Bertz CT molecular complexity index is 358. The zero-order valence-electron chi connectivity index (χ0n) is 6.80. The van der Waals surface area contributed by atoms with E-state index in [1.54, 1.807) is 0 Å². The molecule has 1 aromatic rings. The van der Waals surface area contributed by atoms with Crippen LogP contribution in [0.5, 0.6) is 0 Å². The number of nitrogens with two attached hydrogens (primary N) is 1. The first kappa shape index (κ1) is 10.5. The van der Waals surface area contributed by atoms with Gasteiger partial charge in [-0.3, -0.25) is 4.79 Å². The molecule has 1 atom stereocenters. The average molecular weight is 205 g/mol. The van der Waals surface area contributed by atoms with Crippen molar-refractivity contribution in [1.82, 2.24) is 0 Å². The first-order valence-corrected chi connectivity index (χ1v) is 3.56.